The van der Waals surface area contributed by atoms with Crippen LogP contribution in [0.3, 0.4) is 0 Å². The summed E-state index contributed by atoms with van der Waals surface area (Å²) in [6.07, 6.45) is 3.38. The highest BCUT2D eigenvalue weighted by molar-refractivity contribution is 5.82. The third-order valence-corrected chi connectivity index (χ3v) is 1.83. The van der Waals surface area contributed by atoms with Crippen molar-refractivity contribution in [2.75, 3.05) is 7.05 Å². The van der Waals surface area contributed by atoms with Gasteiger partial charge in [-0.15, -0.1) is 0 Å². The predicted molar refractivity (Wildman–Crippen MR) is 49.9 cm³/mol. The maximum atomic E-state index is 11.3. The first kappa shape index (κ1) is 9.67. The molecule has 1 unspecified atom stereocenters. The van der Waals surface area contributed by atoms with E-state index in [4.69, 9.17) is 0 Å². The quantitative estimate of drug-likeness (QED) is 0.662. The molecular weight excluding hydrogens is 166 g/mol. The lowest BCUT2D eigenvalue weighted by molar-refractivity contribution is -0.123. The fourth-order valence-electron chi connectivity index (χ4n) is 1.01. The summed E-state index contributed by atoms with van der Waals surface area (Å²) in [5.41, 5.74) is 6.04. The molecule has 13 heavy (non-hydrogen) atoms. The first-order valence-electron chi connectivity index (χ1n) is 4.12. The molecule has 0 aliphatic carbocycles. The lowest BCUT2D eigenvalue weighted by Crippen LogP contribution is -2.37. The van der Waals surface area contributed by atoms with Crippen LogP contribution >= 0.6 is 0 Å². The zero-order valence-corrected chi connectivity index (χ0v) is 7.74. The molecule has 1 amide bonds. The topological polar surface area (TPSA) is 54.0 Å². The Morgan fingerprint density at radius 1 is 1.62 bits per heavy atom. The molecule has 0 aliphatic rings. The maximum absolute atomic E-state index is 11.3. The van der Waals surface area contributed by atoms with Crippen LogP contribution in [0.25, 0.3) is 0 Å². The molecule has 0 aromatic carbocycles. The largest absolute Gasteiger partial charge is 0.291 e. The van der Waals surface area contributed by atoms with Crippen molar-refractivity contribution in [3.63, 3.8) is 0 Å². The molecule has 1 rings (SSSR count). The Hall–Kier alpha value is -1.42. The number of carbonyl (C=O) groups excluding carboxylic acids is 1. The van der Waals surface area contributed by atoms with Gasteiger partial charge >= 0.3 is 0 Å². The molecule has 0 fully saturated rings. The molecule has 4 heteroatoms. The van der Waals surface area contributed by atoms with Crippen molar-refractivity contribution in [3.05, 3.63) is 30.1 Å². The van der Waals surface area contributed by atoms with Crippen molar-refractivity contribution in [1.82, 2.24) is 15.8 Å². The second kappa shape index (κ2) is 4.57. The standard InChI is InChI=1S/C9H13N3O/c1-7(9(13)12-10-2)8-4-3-5-11-6-8/h3-7,10H,1-2H3,(H,12,13). The number of hydrogen-bond acceptors (Lipinski definition) is 3. The Bertz CT molecular complexity index is 273. The summed E-state index contributed by atoms with van der Waals surface area (Å²) in [5, 5.41) is 0. The molecule has 0 bridgehead atoms. The number of aromatic nitrogens is 1. The van der Waals surface area contributed by atoms with E-state index in [1.54, 1.807) is 19.4 Å². The van der Waals surface area contributed by atoms with Crippen molar-refractivity contribution in [2.24, 2.45) is 0 Å². The predicted octanol–water partition coefficient (Wildman–Crippen LogP) is 0.436. The number of nitrogens with one attached hydrogen (secondary N) is 2. The molecule has 1 aromatic rings. The van der Waals surface area contributed by atoms with E-state index in [-0.39, 0.29) is 11.8 Å². The van der Waals surface area contributed by atoms with Gasteiger partial charge in [-0.3, -0.25) is 15.2 Å². The van der Waals surface area contributed by atoms with Gasteiger partial charge in [-0.05, 0) is 18.6 Å². The monoisotopic (exact) mass is 179 g/mol. The summed E-state index contributed by atoms with van der Waals surface area (Å²) in [5.74, 6) is -0.239. The number of nitrogens with zero attached hydrogens (tertiary/aromatic N) is 1. The van der Waals surface area contributed by atoms with Crippen molar-refractivity contribution in [1.29, 1.82) is 0 Å². The zero-order valence-electron chi connectivity index (χ0n) is 7.74. The fourth-order valence-corrected chi connectivity index (χ4v) is 1.01. The molecule has 0 saturated heterocycles. The zero-order chi connectivity index (χ0) is 9.68. The molecule has 0 radical (unpaired) electrons. The number of pyridine rings is 1. The molecular formula is C9H13N3O. The fraction of sp³-hybridized carbons (Fsp3) is 0.333. The van der Waals surface area contributed by atoms with Gasteiger partial charge in [0.15, 0.2) is 0 Å². The van der Waals surface area contributed by atoms with E-state index >= 15 is 0 Å². The third-order valence-electron chi connectivity index (χ3n) is 1.83. The minimum atomic E-state index is -0.179. The van der Waals surface area contributed by atoms with Gasteiger partial charge in [0.2, 0.25) is 5.91 Å². The highest BCUT2D eigenvalue weighted by Crippen LogP contribution is 2.12. The van der Waals surface area contributed by atoms with Crippen LogP contribution in [0.1, 0.15) is 18.4 Å². The van der Waals surface area contributed by atoms with Gasteiger partial charge in [0.25, 0.3) is 0 Å². The maximum Gasteiger partial charge on any atom is 0.241 e. The van der Waals surface area contributed by atoms with Gasteiger partial charge < -0.3 is 0 Å². The van der Waals surface area contributed by atoms with Gasteiger partial charge in [-0.25, -0.2) is 5.43 Å². The molecule has 1 aromatic heterocycles. The molecule has 1 atom stereocenters. The normalized spacial score (nSPS) is 12.2. The van der Waals surface area contributed by atoms with Crippen LogP contribution < -0.4 is 10.9 Å². The van der Waals surface area contributed by atoms with Crippen molar-refractivity contribution >= 4 is 5.91 Å². The summed E-state index contributed by atoms with van der Waals surface area (Å²) in [6, 6.07) is 3.70. The number of hydrazine groups is 1. The van der Waals surface area contributed by atoms with Crippen LogP contribution in [0.4, 0.5) is 0 Å². The summed E-state index contributed by atoms with van der Waals surface area (Å²) < 4.78 is 0. The Kier molecular flexibility index (Phi) is 3.40. The van der Waals surface area contributed by atoms with Gasteiger partial charge in [-0.2, -0.15) is 0 Å². The van der Waals surface area contributed by atoms with Crippen LogP contribution in [0, 0.1) is 0 Å². The second-order valence-electron chi connectivity index (χ2n) is 2.75. The van der Waals surface area contributed by atoms with E-state index < -0.39 is 0 Å². The van der Waals surface area contributed by atoms with E-state index in [0.29, 0.717) is 0 Å². The Labute approximate surface area is 77.3 Å². The highest BCUT2D eigenvalue weighted by Gasteiger charge is 2.13. The summed E-state index contributed by atoms with van der Waals surface area (Å²) in [4.78, 5) is 15.3. The average Bonchev–Trinajstić information content (AvgIpc) is 2.18. The summed E-state index contributed by atoms with van der Waals surface area (Å²) in [7, 11) is 1.66. The minimum absolute atomic E-state index is 0.0597. The van der Waals surface area contributed by atoms with Crippen LogP contribution in [0.15, 0.2) is 24.5 Å². The van der Waals surface area contributed by atoms with Gasteiger partial charge in [-0.1, -0.05) is 6.07 Å². The molecule has 1 heterocycles. The van der Waals surface area contributed by atoms with Crippen LogP contribution in [-0.4, -0.2) is 17.9 Å². The summed E-state index contributed by atoms with van der Waals surface area (Å²) in [6.45, 7) is 1.84. The minimum Gasteiger partial charge on any atom is -0.291 e. The Morgan fingerprint density at radius 3 is 2.92 bits per heavy atom. The number of carbonyl (C=O) groups is 1. The van der Waals surface area contributed by atoms with E-state index in [0.717, 1.165) is 5.56 Å². The average molecular weight is 179 g/mol. The van der Waals surface area contributed by atoms with Crippen molar-refractivity contribution in [2.45, 2.75) is 12.8 Å². The highest BCUT2D eigenvalue weighted by atomic mass is 16.2. The Balaban J connectivity index is 2.68. The molecule has 4 nitrogen and oxygen atoms in total. The summed E-state index contributed by atoms with van der Waals surface area (Å²) >= 11 is 0. The van der Waals surface area contributed by atoms with Crippen molar-refractivity contribution in [3.8, 4) is 0 Å². The smallest absolute Gasteiger partial charge is 0.241 e. The second-order valence-corrected chi connectivity index (χ2v) is 2.75. The van der Waals surface area contributed by atoms with E-state index in [1.807, 2.05) is 19.1 Å². The SMILES string of the molecule is CNNC(=O)C(C)c1cccnc1. The number of rotatable bonds is 3. The van der Waals surface area contributed by atoms with Gasteiger partial charge in [0, 0.05) is 19.4 Å². The first-order valence-corrected chi connectivity index (χ1v) is 4.12. The molecule has 70 valence electrons. The van der Waals surface area contributed by atoms with Crippen molar-refractivity contribution < 1.29 is 4.79 Å². The lowest BCUT2D eigenvalue weighted by atomic mass is 10.0. The molecule has 0 aliphatic heterocycles. The van der Waals surface area contributed by atoms with Crippen LogP contribution in [-0.2, 0) is 4.79 Å². The lowest BCUT2D eigenvalue weighted by Gasteiger charge is -2.10. The van der Waals surface area contributed by atoms with E-state index in [2.05, 4.69) is 15.8 Å². The third kappa shape index (κ3) is 2.52. The number of amides is 1. The van der Waals surface area contributed by atoms with Gasteiger partial charge in [0.05, 0.1) is 5.92 Å². The molecule has 2 N–H and O–H groups in total. The molecule has 0 spiro atoms. The Morgan fingerprint density at radius 2 is 2.38 bits per heavy atom. The molecule has 0 saturated carbocycles. The van der Waals surface area contributed by atoms with Crippen LogP contribution in [0.5, 0.6) is 0 Å². The first-order chi connectivity index (χ1) is 6.25. The van der Waals surface area contributed by atoms with E-state index in [1.165, 1.54) is 0 Å². The number of hydrogen-bond donors (Lipinski definition) is 2. The van der Waals surface area contributed by atoms with E-state index in [9.17, 15) is 4.79 Å². The van der Waals surface area contributed by atoms with Gasteiger partial charge in [0.1, 0.15) is 0 Å². The van der Waals surface area contributed by atoms with Crippen LogP contribution in [0.2, 0.25) is 0 Å².